The summed E-state index contributed by atoms with van der Waals surface area (Å²) in [6, 6.07) is 17.2. The number of hydrogen-bond donors (Lipinski definition) is 1. The van der Waals surface area contributed by atoms with E-state index in [4.69, 9.17) is 5.73 Å². The average Bonchev–Trinajstić information content (AvgIpc) is 2.45. The number of nitrogens with two attached hydrogens (primary N) is 1. The first-order valence-electron chi connectivity index (χ1n) is 6.82. The van der Waals surface area contributed by atoms with Gasteiger partial charge in [0.05, 0.1) is 0 Å². The highest BCUT2D eigenvalue weighted by atomic mass is 15.1. The van der Waals surface area contributed by atoms with Gasteiger partial charge in [-0.05, 0) is 42.7 Å². The third kappa shape index (κ3) is 3.58. The zero-order valence-corrected chi connectivity index (χ0v) is 11.8. The number of benzene rings is 2. The fourth-order valence-electron chi connectivity index (χ4n) is 2.29. The maximum atomic E-state index is 5.70. The Morgan fingerprint density at radius 3 is 2.42 bits per heavy atom. The van der Waals surface area contributed by atoms with Crippen LogP contribution in [0.15, 0.2) is 48.5 Å². The minimum Gasteiger partial charge on any atom is -0.367 e. The van der Waals surface area contributed by atoms with Crippen molar-refractivity contribution in [2.24, 2.45) is 5.73 Å². The molecule has 2 nitrogen and oxygen atoms in total. The Bertz CT molecular complexity index is 534. The molecule has 2 heteroatoms. The molecule has 2 aromatic rings. The summed E-state index contributed by atoms with van der Waals surface area (Å²) in [6.07, 6.45) is 0. The second-order valence-electron chi connectivity index (χ2n) is 4.88. The van der Waals surface area contributed by atoms with E-state index in [-0.39, 0.29) is 0 Å². The van der Waals surface area contributed by atoms with Crippen LogP contribution in [0.25, 0.3) is 0 Å². The maximum absolute atomic E-state index is 5.70. The minimum absolute atomic E-state index is 0.602. The Kier molecular flexibility index (Phi) is 4.58. The first-order valence-corrected chi connectivity index (χ1v) is 6.82. The van der Waals surface area contributed by atoms with Crippen molar-refractivity contribution in [2.75, 3.05) is 11.4 Å². The topological polar surface area (TPSA) is 29.3 Å². The second-order valence-corrected chi connectivity index (χ2v) is 4.88. The highest BCUT2D eigenvalue weighted by Gasteiger charge is 2.05. The Balaban J connectivity index is 2.18. The van der Waals surface area contributed by atoms with Gasteiger partial charge in [-0.2, -0.15) is 0 Å². The molecule has 2 aromatic carbocycles. The number of rotatable bonds is 5. The predicted molar refractivity (Wildman–Crippen MR) is 82.2 cm³/mol. The van der Waals surface area contributed by atoms with Crippen molar-refractivity contribution in [3.8, 4) is 0 Å². The molecule has 0 aromatic heterocycles. The van der Waals surface area contributed by atoms with E-state index in [0.717, 1.165) is 13.1 Å². The molecule has 0 radical (unpaired) electrons. The van der Waals surface area contributed by atoms with Crippen LogP contribution in [0.3, 0.4) is 0 Å². The average molecular weight is 254 g/mol. The predicted octanol–water partition coefficient (Wildman–Crippen LogP) is 3.48. The molecule has 0 saturated heterocycles. The van der Waals surface area contributed by atoms with E-state index in [1.54, 1.807) is 0 Å². The monoisotopic (exact) mass is 254 g/mol. The van der Waals surface area contributed by atoms with Gasteiger partial charge < -0.3 is 10.6 Å². The molecule has 19 heavy (non-hydrogen) atoms. The van der Waals surface area contributed by atoms with Gasteiger partial charge in [0.15, 0.2) is 0 Å². The summed E-state index contributed by atoms with van der Waals surface area (Å²) in [5.74, 6) is 0. The molecule has 0 atom stereocenters. The summed E-state index contributed by atoms with van der Waals surface area (Å²) >= 11 is 0. The lowest BCUT2D eigenvalue weighted by Crippen LogP contribution is -2.22. The van der Waals surface area contributed by atoms with Crippen molar-refractivity contribution < 1.29 is 0 Å². The minimum atomic E-state index is 0.602. The zero-order valence-electron chi connectivity index (χ0n) is 11.8. The summed E-state index contributed by atoms with van der Waals surface area (Å²) in [7, 11) is 0. The number of aryl methyl sites for hydroxylation is 1. The van der Waals surface area contributed by atoms with Gasteiger partial charge in [0, 0.05) is 25.3 Å². The Morgan fingerprint density at radius 2 is 1.74 bits per heavy atom. The molecule has 0 aliphatic heterocycles. The van der Waals surface area contributed by atoms with E-state index >= 15 is 0 Å². The van der Waals surface area contributed by atoms with E-state index in [1.807, 2.05) is 0 Å². The normalized spacial score (nSPS) is 10.5. The van der Waals surface area contributed by atoms with Gasteiger partial charge in [-0.15, -0.1) is 0 Å². The first-order chi connectivity index (χ1) is 9.22. The fourth-order valence-corrected chi connectivity index (χ4v) is 2.29. The maximum Gasteiger partial charge on any atom is 0.0429 e. The largest absolute Gasteiger partial charge is 0.367 e. The molecule has 0 aliphatic carbocycles. The summed E-state index contributed by atoms with van der Waals surface area (Å²) < 4.78 is 0. The van der Waals surface area contributed by atoms with Gasteiger partial charge in [-0.1, -0.05) is 36.4 Å². The van der Waals surface area contributed by atoms with E-state index in [0.29, 0.717) is 6.54 Å². The third-order valence-corrected chi connectivity index (χ3v) is 3.35. The lowest BCUT2D eigenvalue weighted by atomic mass is 10.1. The van der Waals surface area contributed by atoms with Gasteiger partial charge in [-0.3, -0.25) is 0 Å². The van der Waals surface area contributed by atoms with Crippen LogP contribution in [-0.2, 0) is 13.1 Å². The van der Waals surface area contributed by atoms with Gasteiger partial charge in [-0.25, -0.2) is 0 Å². The fraction of sp³-hybridized carbons (Fsp3) is 0.294. The standard InChI is InChI=1S/C17H22N2/c1-3-19(17-9-4-6-14(2)10-17)13-16-8-5-7-15(11-16)12-18/h4-11H,3,12-13,18H2,1-2H3. The molecule has 0 bridgehead atoms. The van der Waals surface area contributed by atoms with Gasteiger partial charge in [0.2, 0.25) is 0 Å². The van der Waals surface area contributed by atoms with Crippen LogP contribution in [0.4, 0.5) is 5.69 Å². The molecule has 0 heterocycles. The lowest BCUT2D eigenvalue weighted by Gasteiger charge is -2.24. The van der Waals surface area contributed by atoms with Crippen LogP contribution in [-0.4, -0.2) is 6.54 Å². The van der Waals surface area contributed by atoms with Crippen molar-refractivity contribution >= 4 is 5.69 Å². The Hall–Kier alpha value is -1.80. The third-order valence-electron chi connectivity index (χ3n) is 3.35. The van der Waals surface area contributed by atoms with Gasteiger partial charge in [0.25, 0.3) is 0 Å². The molecular weight excluding hydrogens is 232 g/mol. The van der Waals surface area contributed by atoms with E-state index < -0.39 is 0 Å². The highest BCUT2D eigenvalue weighted by molar-refractivity contribution is 5.49. The molecule has 100 valence electrons. The summed E-state index contributed by atoms with van der Waals surface area (Å²) in [6.45, 7) is 6.84. The van der Waals surface area contributed by atoms with Crippen LogP contribution >= 0.6 is 0 Å². The smallest absolute Gasteiger partial charge is 0.0429 e. The highest BCUT2D eigenvalue weighted by Crippen LogP contribution is 2.18. The summed E-state index contributed by atoms with van der Waals surface area (Å²) in [5, 5.41) is 0. The number of anilines is 1. The molecular formula is C17H22N2. The molecule has 0 amide bonds. The first kappa shape index (κ1) is 13.6. The SMILES string of the molecule is CCN(Cc1cccc(CN)c1)c1cccc(C)c1. The molecule has 0 aliphatic rings. The van der Waals surface area contributed by atoms with Gasteiger partial charge in [0.1, 0.15) is 0 Å². The van der Waals surface area contributed by atoms with Crippen molar-refractivity contribution in [1.82, 2.24) is 0 Å². The van der Waals surface area contributed by atoms with E-state index in [1.165, 1.54) is 22.4 Å². The van der Waals surface area contributed by atoms with Crippen LogP contribution < -0.4 is 10.6 Å². The van der Waals surface area contributed by atoms with Crippen molar-refractivity contribution in [3.05, 3.63) is 65.2 Å². The van der Waals surface area contributed by atoms with E-state index in [2.05, 4.69) is 67.3 Å². The zero-order chi connectivity index (χ0) is 13.7. The Labute approximate surface area is 115 Å². The molecule has 0 fully saturated rings. The number of hydrogen-bond acceptors (Lipinski definition) is 2. The van der Waals surface area contributed by atoms with Crippen LogP contribution in [0.5, 0.6) is 0 Å². The molecule has 2 rings (SSSR count). The van der Waals surface area contributed by atoms with Crippen molar-refractivity contribution in [1.29, 1.82) is 0 Å². The number of nitrogens with zero attached hydrogens (tertiary/aromatic N) is 1. The Morgan fingerprint density at radius 1 is 1.00 bits per heavy atom. The molecule has 2 N–H and O–H groups in total. The summed E-state index contributed by atoms with van der Waals surface area (Å²) in [5.41, 5.74) is 10.8. The van der Waals surface area contributed by atoms with Crippen LogP contribution in [0, 0.1) is 6.92 Å². The van der Waals surface area contributed by atoms with Crippen molar-refractivity contribution in [3.63, 3.8) is 0 Å². The van der Waals surface area contributed by atoms with Crippen molar-refractivity contribution in [2.45, 2.75) is 26.9 Å². The molecule has 0 spiro atoms. The van der Waals surface area contributed by atoms with Crippen LogP contribution in [0.1, 0.15) is 23.6 Å². The summed E-state index contributed by atoms with van der Waals surface area (Å²) in [4.78, 5) is 2.38. The van der Waals surface area contributed by atoms with Gasteiger partial charge >= 0.3 is 0 Å². The lowest BCUT2D eigenvalue weighted by molar-refractivity contribution is 0.829. The second kappa shape index (κ2) is 6.39. The van der Waals surface area contributed by atoms with E-state index in [9.17, 15) is 0 Å². The quantitative estimate of drug-likeness (QED) is 0.885. The molecule has 0 unspecified atom stereocenters. The molecule has 0 saturated carbocycles. The van der Waals surface area contributed by atoms with Crippen LogP contribution in [0.2, 0.25) is 0 Å².